The number of hydrogen-bond acceptors (Lipinski definition) is 17. The minimum absolute atomic E-state index is 0.0333. The first-order valence-electron chi connectivity index (χ1n) is 47.0. The second-order valence-electron chi connectivity index (χ2n) is 35.6. The smallest absolute Gasteiger partial charge is 0.381 e. The Kier molecular flexibility index (Phi) is 36.6. The number of aliphatic hydroxyl groups is 6. The summed E-state index contributed by atoms with van der Waals surface area (Å²) in [4.78, 5) is 70.2. The highest BCUT2D eigenvalue weighted by Crippen LogP contribution is 2.42. The van der Waals surface area contributed by atoms with Crippen LogP contribution in [0.4, 0.5) is 27.7 Å². The Morgan fingerprint density at radius 3 is 1.56 bits per heavy atom. The molecule has 0 aliphatic carbocycles. The number of urea groups is 1. The molecule has 19 aromatic rings. The van der Waals surface area contributed by atoms with Gasteiger partial charge in [0.2, 0.25) is 6.33 Å². The highest BCUT2D eigenvalue weighted by Gasteiger charge is 2.34. The van der Waals surface area contributed by atoms with Gasteiger partial charge in [-0.1, -0.05) is 245 Å². The van der Waals surface area contributed by atoms with Crippen LogP contribution in [0, 0.1) is 72.6 Å². The van der Waals surface area contributed by atoms with E-state index in [-0.39, 0.29) is 79.5 Å². The number of carbonyl (C=O) groups excluding carboxylic acids is 3. The summed E-state index contributed by atoms with van der Waals surface area (Å²) in [5, 5.41) is 102. The van der Waals surface area contributed by atoms with Crippen molar-refractivity contribution in [3.05, 3.63) is 388 Å². The number of fused-ring (bicyclic) bond motifs is 8. The average molecular weight is 1910 g/mol. The first kappa shape index (κ1) is 105. The van der Waals surface area contributed by atoms with Gasteiger partial charge in [-0.3, -0.25) is 24.4 Å². The Hall–Kier alpha value is -16.0. The van der Waals surface area contributed by atoms with Crippen LogP contribution in [0.1, 0.15) is 95.8 Å². The number of aliphatic hydroxyl groups excluding tert-OH is 6. The minimum Gasteiger partial charge on any atom is -0.396 e. The molecule has 5 aromatic heterocycles. The molecule has 28 heteroatoms. The van der Waals surface area contributed by atoms with Gasteiger partial charge in [0.15, 0.2) is 5.69 Å². The van der Waals surface area contributed by atoms with E-state index in [4.69, 9.17) is 26.8 Å². The van der Waals surface area contributed by atoms with Gasteiger partial charge in [-0.2, -0.15) is 5.10 Å². The highest BCUT2D eigenvalue weighted by atomic mass is 16.6. The van der Waals surface area contributed by atoms with E-state index in [0.29, 0.717) is 31.3 Å². The van der Waals surface area contributed by atoms with Gasteiger partial charge in [-0.25, -0.2) is 19.7 Å². The van der Waals surface area contributed by atoms with E-state index in [0.717, 1.165) is 39.1 Å². The first-order chi connectivity index (χ1) is 68.3. The Morgan fingerprint density at radius 2 is 0.972 bits per heavy atom. The number of nitro benzene ring substituents is 1. The van der Waals surface area contributed by atoms with Gasteiger partial charge in [0.25, 0.3) is 17.5 Å². The second-order valence-corrected chi connectivity index (χ2v) is 35.6. The normalized spacial score (nSPS) is 13.0. The van der Waals surface area contributed by atoms with Crippen molar-refractivity contribution in [2.24, 2.45) is 48.3 Å². The molecule has 21 rings (SSSR count). The van der Waals surface area contributed by atoms with Gasteiger partial charge < -0.3 is 75.4 Å². The van der Waals surface area contributed by atoms with Gasteiger partial charge in [0.05, 0.1) is 52.7 Å². The molecule has 0 spiro atoms. The Balaban J connectivity index is 0.000000143. The number of rotatable bonds is 19. The number of nitrogens with zero attached hydrogens (tertiary/aromatic N) is 13. The molecule has 10 N–H and O–H groups in total. The van der Waals surface area contributed by atoms with Crippen LogP contribution in [0.25, 0.3) is 97.2 Å². The fourth-order valence-corrected chi connectivity index (χ4v) is 16.7. The van der Waals surface area contributed by atoms with Crippen LogP contribution >= 0.6 is 0 Å². The molecular weight excluding hydrogens is 1790 g/mol. The molecule has 6 atom stereocenters. The zero-order chi connectivity index (χ0) is 102. The van der Waals surface area contributed by atoms with Crippen molar-refractivity contribution in [2.45, 2.75) is 120 Å². The number of carbonyl (C=O) groups is 3. The number of primary amides is 2. The first-order valence-corrected chi connectivity index (χ1v) is 47.0. The van der Waals surface area contributed by atoms with Crippen molar-refractivity contribution in [3.63, 3.8) is 0 Å². The van der Waals surface area contributed by atoms with Crippen molar-refractivity contribution in [1.82, 2.24) is 42.9 Å². The van der Waals surface area contributed by atoms with E-state index in [9.17, 15) is 49.9 Å². The lowest BCUT2D eigenvalue weighted by Gasteiger charge is -2.35. The van der Waals surface area contributed by atoms with Crippen molar-refractivity contribution in [2.75, 3.05) is 31.8 Å². The van der Waals surface area contributed by atoms with Crippen LogP contribution in [0.5, 0.6) is 0 Å². The molecule has 142 heavy (non-hydrogen) atoms. The lowest BCUT2D eigenvalue weighted by atomic mass is 9.92. The Bertz CT molecular complexity index is 7570. The maximum absolute atomic E-state index is 12.5. The van der Waals surface area contributed by atoms with Gasteiger partial charge in [-0.05, 0) is 205 Å². The SMILES string of the molecule is CC(CO)C(O)CCn1cnc(C(N)=O)c1C(N)=O.CC(CO)C(O)CCn1cnc([N+](=O)[O-])c1.CC(CO)C(O)CCn1ncc2cc([N+](=O)[O-])ccc21.CC1=CN(C)C(=O)N2C1=Nc1cccc3cccc2c13.Cc1cc2ccccc2c2ccccc12.Cc1ccc2ccc3cccc4ccc1c2c34.Cc1cccc2c1ccn2C.Cc1cccc2ccccc12.Cc1ccccc1.Cn1cccc1. The number of benzene rings is 14. The molecular formula is C114H123N15O13. The van der Waals surface area contributed by atoms with Crippen molar-refractivity contribution in [1.29, 1.82) is 0 Å². The number of hydrogen-bond donors (Lipinski definition) is 8. The topological polar surface area (TPSA) is 393 Å². The van der Waals surface area contributed by atoms with Crippen LogP contribution in [0.3, 0.4) is 0 Å². The van der Waals surface area contributed by atoms with Crippen molar-refractivity contribution in [3.8, 4) is 0 Å². The van der Waals surface area contributed by atoms with Gasteiger partial charge in [0.1, 0.15) is 17.7 Å². The Morgan fingerprint density at radius 1 is 0.444 bits per heavy atom. The van der Waals surface area contributed by atoms with Crippen LogP contribution in [0.15, 0.2) is 333 Å². The molecule has 2 aliphatic rings. The largest absolute Gasteiger partial charge is 0.396 e. The molecule has 0 radical (unpaired) electrons. The predicted molar refractivity (Wildman–Crippen MR) is 570 cm³/mol. The molecule has 0 fully saturated rings. The van der Waals surface area contributed by atoms with E-state index in [2.05, 4.69) is 261 Å². The molecule has 28 nitrogen and oxygen atoms in total. The van der Waals surface area contributed by atoms with E-state index in [1.54, 1.807) is 59.1 Å². The number of aromatic nitrogens is 8. The number of nitro groups is 2. The third kappa shape index (κ3) is 26.3. The molecule has 0 bridgehead atoms. The summed E-state index contributed by atoms with van der Waals surface area (Å²) in [7, 11) is 5.84. The summed E-state index contributed by atoms with van der Waals surface area (Å²) in [6.45, 7) is 18.8. The third-order valence-corrected chi connectivity index (χ3v) is 25.1. The summed E-state index contributed by atoms with van der Waals surface area (Å²) < 4.78 is 8.76. The van der Waals surface area contributed by atoms with Crippen LogP contribution in [-0.4, -0.2) is 152 Å². The fourth-order valence-electron chi connectivity index (χ4n) is 16.7. The zero-order valence-corrected chi connectivity index (χ0v) is 81.9. The van der Waals surface area contributed by atoms with Gasteiger partial charge in [0, 0.05) is 143 Å². The third-order valence-electron chi connectivity index (χ3n) is 25.1. The quantitative estimate of drug-likeness (QED) is 0.0212. The van der Waals surface area contributed by atoms with Crippen molar-refractivity contribution >= 4 is 144 Å². The molecule has 14 aromatic carbocycles. The number of amides is 4. The predicted octanol–water partition coefficient (Wildman–Crippen LogP) is 21.5. The fraction of sp³-hybridized carbons (Fsp3) is 0.237. The molecule has 0 saturated heterocycles. The number of non-ortho nitro benzene ring substituents is 1. The van der Waals surface area contributed by atoms with E-state index in [1.807, 2.05) is 104 Å². The van der Waals surface area contributed by atoms with Crippen LogP contribution in [0.2, 0.25) is 0 Å². The molecule has 6 unspecified atom stereocenters. The average Bonchev–Trinajstić information content (AvgIpc) is 0.870. The second kappa shape index (κ2) is 49.6. The zero-order valence-electron chi connectivity index (χ0n) is 81.9. The summed E-state index contributed by atoms with van der Waals surface area (Å²) in [5.41, 5.74) is 21.7. The Labute approximate surface area is 824 Å². The molecule has 732 valence electrons. The van der Waals surface area contributed by atoms with E-state index >= 15 is 0 Å². The lowest BCUT2D eigenvalue weighted by Crippen LogP contribution is -2.48. The van der Waals surface area contributed by atoms with Gasteiger partial charge in [-0.15, -0.1) is 0 Å². The number of aliphatic imine (C=N–C) groups is 1. The van der Waals surface area contributed by atoms with E-state index < -0.39 is 40.0 Å². The van der Waals surface area contributed by atoms with E-state index in [1.165, 1.54) is 139 Å². The maximum atomic E-state index is 12.5. The number of aryl methyl sites for hydroxylation is 10. The van der Waals surface area contributed by atoms with Crippen LogP contribution < -0.4 is 16.4 Å². The summed E-state index contributed by atoms with van der Waals surface area (Å²) in [6, 6.07) is 93.5. The van der Waals surface area contributed by atoms with Crippen molar-refractivity contribution < 1.29 is 54.9 Å². The number of amidine groups is 1. The molecule has 4 amide bonds. The minimum atomic E-state index is -0.836. The molecule has 7 heterocycles. The highest BCUT2D eigenvalue weighted by molar-refractivity contribution is 6.31. The maximum Gasteiger partial charge on any atom is 0.381 e. The standard InChI is InChI=1S/C17H12.C16H13N3O.C15H12.C13H17N3O4.C11H18N4O4.C11H10.C10H11N.C9H15N3O4.C7H8.C5H7N/c1-11-5-6-14-8-7-12-3-2-4-13-9-10-15(11)17(14)16(12)13;1-10-9-18(2)16(20)19-13-8-4-6-11-5-3-7-12(14(11)13)17-15(10)19;1-11-10-12-6-2-3-8-14(12)15-9-5-4-7-13(11)15;1-9(8-17)13(18)4-5-15-12-3-2-11(16(19)20)6-10(12)7-14-15;1-6(4-16)7(17)2-3-15-5-14-8(10(12)18)9(15)11(13)19;1-9-5-4-7-10-6-2-3-8-11(9)10;1-8-4-3-5-10-9(8)6-7-11(10)2;1-7(5-13)8(14)2-3-11-4-9(10-6-11)12(15)16;1-7-5-3-2-4-6-7;1-6-4-2-3-5-6/h2-10H,1H3;3-9H,1-2H3;2-10H,1H3;2-3,6-7,9,13,17-18H,4-5,8H2,1H3;5-7,16-17H,2-4H2,1H3,(H2,12,18)(H2,13,19);2-8H,1H3;3-7H,1-2H3;4,6-8,13-14H,2-3,5H2,1H3;2-6H,1H3;2-5H,1H3. The lowest BCUT2D eigenvalue weighted by molar-refractivity contribution is -0.389. The number of anilines is 1. The molecule has 2 aliphatic heterocycles. The summed E-state index contributed by atoms with van der Waals surface area (Å²) in [5.74, 6) is -1.79. The summed E-state index contributed by atoms with van der Waals surface area (Å²) >= 11 is 0. The number of nitrogens with two attached hydrogens (primary N) is 2. The van der Waals surface area contributed by atoms with Gasteiger partial charge >= 0.3 is 11.8 Å². The van der Waals surface area contributed by atoms with Crippen LogP contribution in [-0.2, 0) is 33.7 Å². The molecule has 0 saturated carbocycles. The monoisotopic (exact) mass is 1910 g/mol. The summed E-state index contributed by atoms with van der Waals surface area (Å²) in [6.07, 6.45) is 12.7. The number of imidazole rings is 2.